The van der Waals surface area contributed by atoms with Crippen LogP contribution in [0.2, 0.25) is 5.02 Å². The van der Waals surface area contributed by atoms with E-state index >= 15 is 0 Å². The molecule has 0 radical (unpaired) electrons. The van der Waals surface area contributed by atoms with E-state index in [9.17, 15) is 14.4 Å². The smallest absolute Gasteiger partial charge is 0.258 e. The van der Waals surface area contributed by atoms with Crippen LogP contribution in [0, 0.1) is 0 Å². The van der Waals surface area contributed by atoms with Crippen molar-refractivity contribution >= 4 is 40.7 Å². The molecule has 34 heavy (non-hydrogen) atoms. The van der Waals surface area contributed by atoms with Gasteiger partial charge in [-0.2, -0.15) is 0 Å². The minimum atomic E-state index is -0.347. The standard InChI is InChI=1S/C26H27ClN4O3/c1-4-19(31(5-2)6-3)28-24(32)17-9-7-15(8-10-17)22-20-21(26(34)29-22)23(30-25(20)33)16-11-13-18(27)14-12-16/h7-14,19H,4-6H2,1-3H3,(H,28,32)(H,29,34)(H,30,33). The van der Waals surface area contributed by atoms with Crippen molar-refractivity contribution in [3.05, 3.63) is 81.4 Å². The Hall–Kier alpha value is -3.42. The zero-order valence-corrected chi connectivity index (χ0v) is 20.1. The third kappa shape index (κ3) is 4.36. The number of halogens is 1. The van der Waals surface area contributed by atoms with Crippen LogP contribution in [0.1, 0.15) is 48.7 Å². The summed E-state index contributed by atoms with van der Waals surface area (Å²) >= 11 is 5.97. The third-order valence-electron chi connectivity index (χ3n) is 6.19. The van der Waals surface area contributed by atoms with E-state index in [2.05, 4.69) is 34.7 Å². The number of rotatable bonds is 8. The lowest BCUT2D eigenvalue weighted by atomic mass is 10.0. The van der Waals surface area contributed by atoms with E-state index in [1.165, 1.54) is 0 Å². The Morgan fingerprint density at radius 2 is 1.32 bits per heavy atom. The maximum atomic E-state index is 12.8. The van der Waals surface area contributed by atoms with Crippen LogP contribution >= 0.6 is 11.6 Å². The fourth-order valence-corrected chi connectivity index (χ4v) is 4.50. The van der Waals surface area contributed by atoms with Crippen molar-refractivity contribution in [2.75, 3.05) is 13.1 Å². The first kappa shape index (κ1) is 23.7. The predicted molar refractivity (Wildman–Crippen MR) is 132 cm³/mol. The van der Waals surface area contributed by atoms with Crippen LogP contribution < -0.4 is 16.0 Å². The molecule has 2 aromatic carbocycles. The predicted octanol–water partition coefficient (Wildman–Crippen LogP) is 3.53. The van der Waals surface area contributed by atoms with Gasteiger partial charge in [0.2, 0.25) is 0 Å². The van der Waals surface area contributed by atoms with E-state index in [1.54, 1.807) is 48.5 Å². The molecule has 8 heteroatoms. The topological polar surface area (TPSA) is 90.5 Å². The summed E-state index contributed by atoms with van der Waals surface area (Å²) in [6.45, 7) is 7.87. The number of carbonyl (C=O) groups is 3. The molecule has 0 aliphatic carbocycles. The van der Waals surface area contributed by atoms with Crippen LogP contribution in [0.25, 0.3) is 11.4 Å². The van der Waals surface area contributed by atoms with Gasteiger partial charge in [-0.25, -0.2) is 0 Å². The maximum absolute atomic E-state index is 12.8. The van der Waals surface area contributed by atoms with Crippen molar-refractivity contribution in [3.63, 3.8) is 0 Å². The lowest BCUT2D eigenvalue weighted by Gasteiger charge is -2.29. The number of nitrogens with zero attached hydrogens (tertiary/aromatic N) is 1. The van der Waals surface area contributed by atoms with Crippen LogP contribution in [-0.4, -0.2) is 41.9 Å². The van der Waals surface area contributed by atoms with Crippen LogP contribution in [0.5, 0.6) is 0 Å². The number of carbonyl (C=O) groups excluding carboxylic acids is 3. The Morgan fingerprint density at radius 3 is 1.76 bits per heavy atom. The van der Waals surface area contributed by atoms with Crippen molar-refractivity contribution in [2.24, 2.45) is 0 Å². The molecule has 1 unspecified atom stereocenters. The lowest BCUT2D eigenvalue weighted by Crippen LogP contribution is -2.47. The highest BCUT2D eigenvalue weighted by Crippen LogP contribution is 2.37. The Bertz CT molecular complexity index is 1200. The van der Waals surface area contributed by atoms with Crippen molar-refractivity contribution < 1.29 is 14.4 Å². The molecule has 0 saturated heterocycles. The molecule has 2 aromatic rings. The summed E-state index contributed by atoms with van der Waals surface area (Å²) in [7, 11) is 0. The second-order valence-corrected chi connectivity index (χ2v) is 8.55. The average Bonchev–Trinajstić information content (AvgIpc) is 3.37. The van der Waals surface area contributed by atoms with E-state index in [4.69, 9.17) is 11.6 Å². The summed E-state index contributed by atoms with van der Waals surface area (Å²) in [5.74, 6) is -0.858. The largest absolute Gasteiger partial charge is 0.337 e. The fourth-order valence-electron chi connectivity index (χ4n) is 4.37. The van der Waals surface area contributed by atoms with E-state index in [0.29, 0.717) is 44.3 Å². The van der Waals surface area contributed by atoms with E-state index < -0.39 is 0 Å². The highest BCUT2D eigenvalue weighted by molar-refractivity contribution is 6.31. The van der Waals surface area contributed by atoms with Crippen molar-refractivity contribution in [3.8, 4) is 0 Å². The van der Waals surface area contributed by atoms with Gasteiger partial charge in [-0.3, -0.25) is 19.3 Å². The molecule has 1 atom stereocenters. The molecule has 2 aliphatic rings. The molecule has 4 rings (SSSR count). The molecule has 2 heterocycles. The third-order valence-corrected chi connectivity index (χ3v) is 6.44. The highest BCUT2D eigenvalue weighted by atomic mass is 35.5. The zero-order valence-electron chi connectivity index (χ0n) is 19.4. The van der Waals surface area contributed by atoms with Gasteiger partial charge >= 0.3 is 0 Å². The molecule has 3 amide bonds. The summed E-state index contributed by atoms with van der Waals surface area (Å²) in [5, 5.41) is 9.28. The Morgan fingerprint density at radius 1 is 0.853 bits per heavy atom. The van der Waals surface area contributed by atoms with Gasteiger partial charge < -0.3 is 16.0 Å². The summed E-state index contributed by atoms with van der Waals surface area (Å²) < 4.78 is 0. The average molecular weight is 479 g/mol. The van der Waals surface area contributed by atoms with Crippen LogP contribution in [0.3, 0.4) is 0 Å². The molecular weight excluding hydrogens is 452 g/mol. The molecule has 0 aromatic heterocycles. The Labute approximate surface area is 203 Å². The normalized spacial score (nSPS) is 16.0. The fraction of sp³-hybridized carbons (Fsp3) is 0.269. The van der Waals surface area contributed by atoms with Gasteiger partial charge in [0, 0.05) is 10.6 Å². The molecular formula is C26H27ClN4O3. The second-order valence-electron chi connectivity index (χ2n) is 8.11. The molecule has 3 N–H and O–H groups in total. The minimum absolute atomic E-state index is 0.0394. The maximum Gasteiger partial charge on any atom is 0.258 e. The lowest BCUT2D eigenvalue weighted by molar-refractivity contribution is -0.117. The first-order valence-electron chi connectivity index (χ1n) is 11.4. The summed E-state index contributed by atoms with van der Waals surface area (Å²) in [6, 6.07) is 13.8. The van der Waals surface area contributed by atoms with Crippen LogP contribution in [-0.2, 0) is 9.59 Å². The number of hydrogen-bond donors (Lipinski definition) is 3. The van der Waals surface area contributed by atoms with Crippen molar-refractivity contribution in [2.45, 2.75) is 33.4 Å². The van der Waals surface area contributed by atoms with Crippen LogP contribution in [0.15, 0.2) is 59.7 Å². The first-order chi connectivity index (χ1) is 16.4. The monoisotopic (exact) mass is 478 g/mol. The number of amides is 3. The van der Waals surface area contributed by atoms with Gasteiger partial charge in [0.15, 0.2) is 0 Å². The number of hydrogen-bond acceptors (Lipinski definition) is 4. The van der Waals surface area contributed by atoms with Gasteiger partial charge in [0.25, 0.3) is 17.7 Å². The SMILES string of the molecule is CCC(NC(=O)c1ccc(C2=C3C(=O)NC(c4ccc(Cl)cc4)=C3C(=O)N2)cc1)N(CC)CC. The van der Waals surface area contributed by atoms with Gasteiger partial charge in [-0.15, -0.1) is 0 Å². The van der Waals surface area contributed by atoms with Crippen molar-refractivity contribution in [1.82, 2.24) is 20.9 Å². The number of benzene rings is 2. The summed E-state index contributed by atoms with van der Waals surface area (Å²) in [6.07, 6.45) is 0.760. The zero-order chi connectivity index (χ0) is 24.4. The Balaban J connectivity index is 1.61. The van der Waals surface area contributed by atoms with Crippen molar-refractivity contribution in [1.29, 1.82) is 0 Å². The minimum Gasteiger partial charge on any atom is -0.337 e. The summed E-state index contributed by atoms with van der Waals surface area (Å²) in [4.78, 5) is 40.6. The number of nitrogens with one attached hydrogen (secondary N) is 3. The molecule has 2 aliphatic heterocycles. The first-order valence-corrected chi connectivity index (χ1v) is 11.8. The summed E-state index contributed by atoms with van der Waals surface area (Å²) in [5.41, 5.74) is 3.37. The molecule has 176 valence electrons. The second kappa shape index (κ2) is 9.83. The number of fused-ring (bicyclic) bond motifs is 1. The van der Waals surface area contributed by atoms with Gasteiger partial charge in [0.1, 0.15) is 0 Å². The van der Waals surface area contributed by atoms with Gasteiger partial charge in [-0.1, -0.05) is 56.6 Å². The molecule has 0 fully saturated rings. The van der Waals surface area contributed by atoms with Crippen LogP contribution in [0.4, 0.5) is 0 Å². The van der Waals surface area contributed by atoms with Gasteiger partial charge in [0.05, 0.1) is 28.7 Å². The van der Waals surface area contributed by atoms with Gasteiger partial charge in [-0.05, 0) is 54.9 Å². The molecule has 0 bridgehead atoms. The van der Waals surface area contributed by atoms with E-state index in [-0.39, 0.29) is 23.9 Å². The molecule has 7 nitrogen and oxygen atoms in total. The highest BCUT2D eigenvalue weighted by Gasteiger charge is 2.40. The molecule has 0 saturated carbocycles. The Kier molecular flexibility index (Phi) is 6.86. The molecule has 0 spiro atoms. The quantitative estimate of drug-likeness (QED) is 0.506. The van der Waals surface area contributed by atoms with E-state index in [0.717, 1.165) is 19.5 Å². The van der Waals surface area contributed by atoms with E-state index in [1.807, 2.05) is 6.92 Å².